The maximum atomic E-state index is 9.72. The van der Waals surface area contributed by atoms with Crippen LogP contribution in [0.2, 0.25) is 0 Å². The second kappa shape index (κ2) is 5.60. The Morgan fingerprint density at radius 1 is 1.18 bits per heavy atom. The second-order valence-electron chi connectivity index (χ2n) is 4.64. The van der Waals surface area contributed by atoms with Gasteiger partial charge in [-0.25, -0.2) is 0 Å². The van der Waals surface area contributed by atoms with E-state index in [1.54, 1.807) is 0 Å². The van der Waals surface area contributed by atoms with Crippen LogP contribution < -0.4 is 5.73 Å². The molecule has 0 saturated heterocycles. The second-order valence-corrected chi connectivity index (χ2v) is 4.64. The normalized spacial score (nSPS) is 32.9. The van der Waals surface area contributed by atoms with Gasteiger partial charge < -0.3 is 20.7 Å². The van der Waals surface area contributed by atoms with Crippen LogP contribution in [0.4, 0.5) is 0 Å². The highest BCUT2D eigenvalue weighted by molar-refractivity contribution is 5.13. The Morgan fingerprint density at radius 3 is 2.47 bits per heavy atom. The van der Waals surface area contributed by atoms with Crippen molar-refractivity contribution in [2.75, 3.05) is 6.61 Å². The van der Waals surface area contributed by atoms with Gasteiger partial charge in [0.15, 0.2) is 0 Å². The van der Waals surface area contributed by atoms with E-state index >= 15 is 0 Å². The SMILES string of the molecule is NC1CC(COCc2ccccc2)C(O)C1O. The highest BCUT2D eigenvalue weighted by Crippen LogP contribution is 2.25. The first-order valence-electron chi connectivity index (χ1n) is 5.92. The lowest BCUT2D eigenvalue weighted by Crippen LogP contribution is -2.36. The van der Waals surface area contributed by atoms with E-state index in [0.29, 0.717) is 19.6 Å². The molecule has 1 saturated carbocycles. The molecule has 0 radical (unpaired) electrons. The van der Waals surface area contributed by atoms with Gasteiger partial charge in [-0.2, -0.15) is 0 Å². The number of rotatable bonds is 4. The molecular weight excluding hydrogens is 218 g/mol. The van der Waals surface area contributed by atoms with E-state index < -0.39 is 12.2 Å². The molecule has 4 N–H and O–H groups in total. The molecule has 1 aliphatic carbocycles. The lowest BCUT2D eigenvalue weighted by Gasteiger charge is -2.16. The molecule has 0 aromatic heterocycles. The van der Waals surface area contributed by atoms with E-state index in [1.165, 1.54) is 0 Å². The molecule has 4 atom stereocenters. The average molecular weight is 237 g/mol. The first kappa shape index (κ1) is 12.5. The minimum absolute atomic E-state index is 0.0660. The maximum absolute atomic E-state index is 9.72. The predicted molar refractivity (Wildman–Crippen MR) is 64.2 cm³/mol. The molecule has 17 heavy (non-hydrogen) atoms. The zero-order valence-corrected chi connectivity index (χ0v) is 9.70. The van der Waals surface area contributed by atoms with Gasteiger partial charge in [0.1, 0.15) is 0 Å². The molecule has 0 heterocycles. The molecule has 2 rings (SSSR count). The standard InChI is InChI=1S/C13H19NO3/c14-11-6-10(12(15)13(11)16)8-17-7-9-4-2-1-3-5-9/h1-5,10-13,15-16H,6-8,14H2. The van der Waals surface area contributed by atoms with E-state index in [4.69, 9.17) is 10.5 Å². The Balaban J connectivity index is 1.76. The fourth-order valence-electron chi connectivity index (χ4n) is 2.23. The summed E-state index contributed by atoms with van der Waals surface area (Å²) in [6.45, 7) is 0.955. The van der Waals surface area contributed by atoms with Crippen molar-refractivity contribution in [2.45, 2.75) is 31.3 Å². The topological polar surface area (TPSA) is 75.7 Å². The quantitative estimate of drug-likeness (QED) is 0.702. The summed E-state index contributed by atoms with van der Waals surface area (Å²) in [5.41, 5.74) is 6.78. The summed E-state index contributed by atoms with van der Waals surface area (Å²) in [5, 5.41) is 19.2. The van der Waals surface area contributed by atoms with E-state index in [1.807, 2.05) is 30.3 Å². The summed E-state index contributed by atoms with van der Waals surface area (Å²) in [4.78, 5) is 0. The summed E-state index contributed by atoms with van der Waals surface area (Å²) in [6, 6.07) is 9.53. The van der Waals surface area contributed by atoms with Crippen LogP contribution in [0, 0.1) is 5.92 Å². The molecule has 4 nitrogen and oxygen atoms in total. The minimum atomic E-state index is -0.819. The summed E-state index contributed by atoms with van der Waals surface area (Å²) in [7, 11) is 0. The van der Waals surface area contributed by atoms with Gasteiger partial charge in [0.05, 0.1) is 25.4 Å². The highest BCUT2D eigenvalue weighted by Gasteiger charge is 2.39. The average Bonchev–Trinajstić information content (AvgIpc) is 2.59. The first-order valence-corrected chi connectivity index (χ1v) is 5.92. The number of hydrogen-bond donors (Lipinski definition) is 3. The minimum Gasteiger partial charge on any atom is -0.390 e. The third-order valence-corrected chi connectivity index (χ3v) is 3.29. The molecule has 0 aliphatic heterocycles. The van der Waals surface area contributed by atoms with Gasteiger partial charge in [-0.3, -0.25) is 0 Å². The fraction of sp³-hybridized carbons (Fsp3) is 0.538. The van der Waals surface area contributed by atoms with Crippen LogP contribution in [-0.4, -0.2) is 35.1 Å². The molecule has 1 aliphatic rings. The monoisotopic (exact) mass is 237 g/mol. The number of aliphatic hydroxyl groups excluding tert-OH is 2. The van der Waals surface area contributed by atoms with Crippen LogP contribution in [0.5, 0.6) is 0 Å². The highest BCUT2D eigenvalue weighted by atomic mass is 16.5. The number of hydrogen-bond acceptors (Lipinski definition) is 4. The summed E-state index contributed by atoms with van der Waals surface area (Å²) < 4.78 is 5.54. The Morgan fingerprint density at radius 2 is 1.88 bits per heavy atom. The van der Waals surface area contributed by atoms with Crippen molar-refractivity contribution < 1.29 is 14.9 Å². The van der Waals surface area contributed by atoms with Gasteiger partial charge >= 0.3 is 0 Å². The summed E-state index contributed by atoms with van der Waals surface area (Å²) >= 11 is 0. The van der Waals surface area contributed by atoms with Crippen LogP contribution in [-0.2, 0) is 11.3 Å². The molecule has 1 fully saturated rings. The lowest BCUT2D eigenvalue weighted by molar-refractivity contribution is -0.0137. The van der Waals surface area contributed by atoms with Gasteiger partial charge in [0.25, 0.3) is 0 Å². The molecule has 94 valence electrons. The molecule has 1 aromatic carbocycles. The molecule has 1 aromatic rings. The molecular formula is C13H19NO3. The summed E-state index contributed by atoms with van der Waals surface area (Å²) in [6.07, 6.45) is -0.974. The molecule has 0 amide bonds. The molecule has 0 bridgehead atoms. The van der Waals surface area contributed by atoms with Crippen LogP contribution >= 0.6 is 0 Å². The third kappa shape index (κ3) is 3.04. The van der Waals surface area contributed by atoms with Crippen molar-refractivity contribution in [1.82, 2.24) is 0 Å². The van der Waals surface area contributed by atoms with Crippen molar-refractivity contribution in [1.29, 1.82) is 0 Å². The van der Waals surface area contributed by atoms with Gasteiger partial charge in [0.2, 0.25) is 0 Å². The van der Waals surface area contributed by atoms with Gasteiger partial charge in [-0.05, 0) is 12.0 Å². The molecule has 4 heteroatoms. The number of nitrogens with two attached hydrogens (primary N) is 1. The van der Waals surface area contributed by atoms with Gasteiger partial charge in [-0.1, -0.05) is 30.3 Å². The fourth-order valence-corrected chi connectivity index (χ4v) is 2.23. The van der Waals surface area contributed by atoms with E-state index in [0.717, 1.165) is 5.56 Å². The maximum Gasteiger partial charge on any atom is 0.0953 e. The third-order valence-electron chi connectivity index (χ3n) is 3.29. The van der Waals surface area contributed by atoms with Crippen LogP contribution in [0.15, 0.2) is 30.3 Å². The lowest BCUT2D eigenvalue weighted by atomic mass is 10.1. The van der Waals surface area contributed by atoms with Crippen LogP contribution in [0.1, 0.15) is 12.0 Å². The zero-order chi connectivity index (χ0) is 12.3. The first-order chi connectivity index (χ1) is 8.18. The van der Waals surface area contributed by atoms with Crippen molar-refractivity contribution in [2.24, 2.45) is 11.7 Å². The Hall–Kier alpha value is -0.940. The Kier molecular flexibility index (Phi) is 4.12. The molecule has 4 unspecified atom stereocenters. The summed E-state index contributed by atoms with van der Waals surface area (Å²) in [5.74, 6) is -0.0660. The number of benzene rings is 1. The number of aliphatic hydroxyl groups is 2. The van der Waals surface area contributed by atoms with Crippen molar-refractivity contribution in [3.05, 3.63) is 35.9 Å². The van der Waals surface area contributed by atoms with E-state index in [9.17, 15) is 10.2 Å². The van der Waals surface area contributed by atoms with Crippen molar-refractivity contribution in [3.8, 4) is 0 Å². The molecule has 0 spiro atoms. The smallest absolute Gasteiger partial charge is 0.0953 e. The van der Waals surface area contributed by atoms with Gasteiger partial charge in [0, 0.05) is 12.0 Å². The number of ether oxygens (including phenoxy) is 1. The van der Waals surface area contributed by atoms with E-state index in [2.05, 4.69) is 0 Å². The van der Waals surface area contributed by atoms with Crippen molar-refractivity contribution >= 4 is 0 Å². The predicted octanol–water partition coefficient (Wildman–Crippen LogP) is 0.272. The van der Waals surface area contributed by atoms with E-state index in [-0.39, 0.29) is 12.0 Å². The van der Waals surface area contributed by atoms with Crippen LogP contribution in [0.3, 0.4) is 0 Å². The van der Waals surface area contributed by atoms with Crippen LogP contribution in [0.25, 0.3) is 0 Å². The van der Waals surface area contributed by atoms with Gasteiger partial charge in [-0.15, -0.1) is 0 Å². The van der Waals surface area contributed by atoms with Crippen molar-refractivity contribution in [3.63, 3.8) is 0 Å². The Bertz CT molecular complexity index is 344. The zero-order valence-electron chi connectivity index (χ0n) is 9.70. The largest absolute Gasteiger partial charge is 0.390 e. The Labute approximate surface area is 101 Å².